The number of aryl methyl sites for hydroxylation is 2. The van der Waals surface area contributed by atoms with Gasteiger partial charge in [0.05, 0.1) is 6.54 Å². The van der Waals surface area contributed by atoms with Crippen LogP contribution >= 0.6 is 0 Å². The third-order valence-electron chi connectivity index (χ3n) is 4.51. The summed E-state index contributed by atoms with van der Waals surface area (Å²) in [7, 11) is 1.53. The van der Waals surface area contributed by atoms with Crippen molar-refractivity contribution in [3.05, 3.63) is 50.7 Å². The van der Waals surface area contributed by atoms with Crippen molar-refractivity contribution in [3.8, 4) is 5.75 Å². The highest BCUT2D eigenvalue weighted by Gasteiger charge is 2.19. The van der Waals surface area contributed by atoms with Crippen LogP contribution in [0, 0.1) is 0 Å². The number of aliphatic hydroxyl groups excluding tert-OH is 1. The highest BCUT2D eigenvalue weighted by Crippen LogP contribution is 2.17. The Kier molecular flexibility index (Phi) is 5.84. The van der Waals surface area contributed by atoms with Gasteiger partial charge in [-0.05, 0) is 31.0 Å². The van der Waals surface area contributed by atoms with E-state index in [-0.39, 0.29) is 24.3 Å². The van der Waals surface area contributed by atoms with Crippen LogP contribution in [0.1, 0.15) is 19.4 Å². The van der Waals surface area contributed by atoms with Crippen molar-refractivity contribution in [2.75, 3.05) is 18.5 Å². The van der Waals surface area contributed by atoms with Crippen molar-refractivity contribution in [2.24, 2.45) is 7.05 Å². The van der Waals surface area contributed by atoms with Gasteiger partial charge in [-0.15, -0.1) is 0 Å². The Morgan fingerprint density at radius 3 is 2.61 bits per heavy atom. The van der Waals surface area contributed by atoms with E-state index in [0.717, 1.165) is 6.42 Å². The molecule has 0 saturated heterocycles. The van der Waals surface area contributed by atoms with Crippen molar-refractivity contribution in [2.45, 2.75) is 32.9 Å². The van der Waals surface area contributed by atoms with Crippen LogP contribution in [-0.2, 0) is 20.0 Å². The monoisotopic (exact) mass is 387 g/mol. The van der Waals surface area contributed by atoms with Gasteiger partial charge in [0.25, 0.3) is 5.56 Å². The molecular weight excluding hydrogens is 362 g/mol. The summed E-state index contributed by atoms with van der Waals surface area (Å²) < 4.78 is 8.50. The van der Waals surface area contributed by atoms with Crippen LogP contribution in [0.3, 0.4) is 0 Å². The molecule has 0 radical (unpaired) electrons. The summed E-state index contributed by atoms with van der Waals surface area (Å²) in [4.78, 5) is 30.8. The number of aromatic amines is 1. The fraction of sp³-hybridized carbons (Fsp3) is 0.421. The molecule has 0 unspecified atom stereocenters. The number of hydrogen-bond acceptors (Lipinski definition) is 6. The normalized spacial score (nSPS) is 12.3. The Morgan fingerprint density at radius 1 is 1.25 bits per heavy atom. The molecule has 0 bridgehead atoms. The molecule has 0 aliphatic rings. The van der Waals surface area contributed by atoms with Gasteiger partial charge in [0, 0.05) is 13.6 Å². The van der Waals surface area contributed by atoms with Gasteiger partial charge >= 0.3 is 5.69 Å². The average molecular weight is 387 g/mol. The molecule has 1 atom stereocenters. The second-order valence-electron chi connectivity index (χ2n) is 6.53. The number of rotatable bonds is 8. The van der Waals surface area contributed by atoms with Gasteiger partial charge in [0.2, 0.25) is 5.95 Å². The topological polar surface area (TPSA) is 114 Å². The Balaban J connectivity index is 1.83. The largest absolute Gasteiger partial charge is 0.491 e. The van der Waals surface area contributed by atoms with E-state index in [2.05, 4.69) is 22.2 Å². The average Bonchev–Trinajstić information content (AvgIpc) is 3.04. The van der Waals surface area contributed by atoms with Gasteiger partial charge in [-0.2, -0.15) is 4.98 Å². The zero-order chi connectivity index (χ0) is 20.3. The molecule has 3 aromatic rings. The number of aromatic nitrogens is 4. The number of ether oxygens (including phenoxy) is 1. The second-order valence-corrected chi connectivity index (χ2v) is 6.53. The van der Waals surface area contributed by atoms with Gasteiger partial charge in [-0.3, -0.25) is 14.3 Å². The molecule has 9 heteroatoms. The van der Waals surface area contributed by atoms with Crippen LogP contribution in [0.2, 0.25) is 0 Å². The van der Waals surface area contributed by atoms with Gasteiger partial charge in [0.15, 0.2) is 11.2 Å². The quantitative estimate of drug-likeness (QED) is 0.528. The summed E-state index contributed by atoms with van der Waals surface area (Å²) >= 11 is 0. The van der Waals surface area contributed by atoms with E-state index in [4.69, 9.17) is 4.74 Å². The third kappa shape index (κ3) is 3.94. The molecule has 150 valence electrons. The van der Waals surface area contributed by atoms with Crippen molar-refractivity contribution in [1.82, 2.24) is 19.1 Å². The molecule has 1 aromatic carbocycles. The highest BCUT2D eigenvalue weighted by atomic mass is 16.5. The molecule has 0 aliphatic heterocycles. The SMILES string of the molecule is CCNc1nc2c(c(=O)[nH]c(=O)n2C)n1C[C@H](O)COc1ccc(CC)cc1. The van der Waals surface area contributed by atoms with Crippen molar-refractivity contribution < 1.29 is 9.84 Å². The molecule has 0 amide bonds. The first-order valence-electron chi connectivity index (χ1n) is 9.27. The molecule has 0 fully saturated rings. The van der Waals surface area contributed by atoms with Crippen molar-refractivity contribution in [3.63, 3.8) is 0 Å². The second kappa shape index (κ2) is 8.30. The van der Waals surface area contributed by atoms with Gasteiger partial charge in [-0.25, -0.2) is 4.79 Å². The minimum atomic E-state index is -0.878. The minimum Gasteiger partial charge on any atom is -0.491 e. The van der Waals surface area contributed by atoms with E-state index >= 15 is 0 Å². The van der Waals surface area contributed by atoms with E-state index in [1.807, 2.05) is 31.2 Å². The lowest BCUT2D eigenvalue weighted by molar-refractivity contribution is 0.0938. The molecule has 2 heterocycles. The van der Waals surface area contributed by atoms with Crippen LogP contribution in [0.5, 0.6) is 5.75 Å². The molecule has 2 aromatic heterocycles. The lowest BCUT2D eigenvalue weighted by atomic mass is 10.2. The predicted molar refractivity (Wildman–Crippen MR) is 107 cm³/mol. The van der Waals surface area contributed by atoms with Gasteiger partial charge in [-0.1, -0.05) is 19.1 Å². The first-order chi connectivity index (χ1) is 13.4. The number of anilines is 1. The first-order valence-corrected chi connectivity index (χ1v) is 9.27. The van der Waals surface area contributed by atoms with Crippen LogP contribution < -0.4 is 21.3 Å². The maximum Gasteiger partial charge on any atom is 0.329 e. The third-order valence-corrected chi connectivity index (χ3v) is 4.51. The zero-order valence-corrected chi connectivity index (χ0v) is 16.2. The number of aliphatic hydroxyl groups is 1. The number of fused-ring (bicyclic) bond motifs is 1. The number of H-pyrrole nitrogens is 1. The number of benzene rings is 1. The molecule has 3 N–H and O–H groups in total. The lowest BCUT2D eigenvalue weighted by Gasteiger charge is -2.15. The highest BCUT2D eigenvalue weighted by molar-refractivity contribution is 5.74. The maximum atomic E-state index is 12.3. The van der Waals surface area contributed by atoms with E-state index in [0.29, 0.717) is 18.2 Å². The smallest absolute Gasteiger partial charge is 0.329 e. The minimum absolute atomic E-state index is 0.0559. The van der Waals surface area contributed by atoms with Crippen LogP contribution in [-0.4, -0.2) is 43.5 Å². The summed E-state index contributed by atoms with van der Waals surface area (Å²) in [6.45, 7) is 4.69. The van der Waals surface area contributed by atoms with Crippen molar-refractivity contribution in [1.29, 1.82) is 0 Å². The Hall–Kier alpha value is -3.07. The van der Waals surface area contributed by atoms with Crippen LogP contribution in [0.4, 0.5) is 5.95 Å². The fourth-order valence-corrected chi connectivity index (χ4v) is 2.98. The molecule has 0 saturated carbocycles. The molecule has 3 rings (SSSR count). The molecule has 28 heavy (non-hydrogen) atoms. The van der Waals surface area contributed by atoms with Crippen molar-refractivity contribution >= 4 is 17.1 Å². The van der Waals surface area contributed by atoms with Crippen LogP contribution in [0.15, 0.2) is 33.9 Å². The zero-order valence-electron chi connectivity index (χ0n) is 16.2. The van der Waals surface area contributed by atoms with Crippen LogP contribution in [0.25, 0.3) is 11.2 Å². The van der Waals surface area contributed by atoms with Gasteiger partial charge in [0.1, 0.15) is 18.5 Å². The van der Waals surface area contributed by atoms with E-state index < -0.39 is 17.4 Å². The van der Waals surface area contributed by atoms with E-state index in [9.17, 15) is 14.7 Å². The van der Waals surface area contributed by atoms with E-state index in [1.165, 1.54) is 17.2 Å². The number of nitrogens with zero attached hydrogens (tertiary/aromatic N) is 3. The number of imidazole rings is 1. The lowest BCUT2D eigenvalue weighted by Crippen LogP contribution is -2.31. The number of nitrogens with one attached hydrogen (secondary N) is 2. The summed E-state index contributed by atoms with van der Waals surface area (Å²) in [5.41, 5.74) is 0.609. The first kappa shape index (κ1) is 19.7. The molecule has 0 aliphatic carbocycles. The maximum absolute atomic E-state index is 12.3. The number of hydrogen-bond donors (Lipinski definition) is 3. The van der Waals surface area contributed by atoms with Gasteiger partial charge < -0.3 is 19.7 Å². The Labute approximate surface area is 161 Å². The molecule has 9 nitrogen and oxygen atoms in total. The molecule has 0 spiro atoms. The summed E-state index contributed by atoms with van der Waals surface area (Å²) in [6, 6.07) is 7.69. The Morgan fingerprint density at radius 2 is 1.96 bits per heavy atom. The predicted octanol–water partition coefficient (Wildman–Crippen LogP) is 0.857. The summed E-state index contributed by atoms with van der Waals surface area (Å²) in [5, 5.41) is 13.5. The fourth-order valence-electron chi connectivity index (χ4n) is 2.98. The molecular formula is C19H25N5O4. The van der Waals surface area contributed by atoms with E-state index in [1.54, 1.807) is 4.57 Å². The Bertz CT molecular complexity index is 1060. The standard InChI is InChI=1S/C19H25N5O4/c1-4-12-6-8-14(9-7-12)28-11-13(25)10-24-15-16(21-18(24)20-5-2)23(3)19(27)22-17(15)26/h6-9,13,25H,4-5,10-11H2,1-3H3,(H,20,21)(H,22,26,27)/t13-/m0/s1. The summed E-state index contributed by atoms with van der Waals surface area (Å²) in [6.07, 6.45) is 0.0678. The summed E-state index contributed by atoms with van der Waals surface area (Å²) in [5.74, 6) is 1.08.